The van der Waals surface area contributed by atoms with E-state index in [4.69, 9.17) is 5.73 Å². The summed E-state index contributed by atoms with van der Waals surface area (Å²) in [4.78, 5) is -0.308. The molecule has 0 heterocycles. The number of hydrogen-bond donors (Lipinski definition) is 2. The molecule has 0 aliphatic heterocycles. The van der Waals surface area contributed by atoms with Gasteiger partial charge in [0.25, 0.3) is 0 Å². The van der Waals surface area contributed by atoms with Crippen LogP contribution in [0, 0.1) is 11.7 Å². The van der Waals surface area contributed by atoms with Gasteiger partial charge in [-0.25, -0.2) is 17.5 Å². The molecule has 3 N–H and O–H groups in total. The first-order valence-corrected chi connectivity index (χ1v) is 7.40. The summed E-state index contributed by atoms with van der Waals surface area (Å²) < 4.78 is 39.3. The Balaban J connectivity index is 2.54. The van der Waals surface area contributed by atoms with Crippen LogP contribution in [0.2, 0.25) is 0 Å². The normalized spacial score (nSPS) is 13.5. The van der Waals surface area contributed by atoms with Gasteiger partial charge in [0.05, 0.1) is 0 Å². The first kappa shape index (κ1) is 15.1. The predicted molar refractivity (Wildman–Crippen MR) is 69.0 cm³/mol. The second-order valence-corrected chi connectivity index (χ2v) is 6.05. The van der Waals surface area contributed by atoms with E-state index >= 15 is 0 Å². The Hall–Kier alpha value is -0.980. The Bertz CT molecular complexity index is 477. The zero-order valence-electron chi connectivity index (χ0n) is 10.4. The summed E-state index contributed by atoms with van der Waals surface area (Å²) in [5, 5.41) is 0. The number of sulfonamides is 1. The number of nitrogens with two attached hydrogens (primary N) is 1. The van der Waals surface area contributed by atoms with E-state index in [9.17, 15) is 12.8 Å². The standard InChI is InChI=1S/C12H19FN2O2S/c1-10(9-14)5-4-8-15-18(16,17)12-7-3-2-6-11(12)13/h2-3,6-7,10,15H,4-5,8-9,14H2,1H3. The third-order valence-electron chi connectivity index (χ3n) is 2.69. The highest BCUT2D eigenvalue weighted by Crippen LogP contribution is 2.13. The molecule has 1 unspecified atom stereocenters. The van der Waals surface area contributed by atoms with Crippen LogP contribution in [-0.2, 0) is 10.0 Å². The Morgan fingerprint density at radius 2 is 2.06 bits per heavy atom. The maximum Gasteiger partial charge on any atom is 0.243 e. The minimum absolute atomic E-state index is 0.293. The molecule has 6 heteroatoms. The number of hydrogen-bond acceptors (Lipinski definition) is 3. The molecule has 1 aromatic carbocycles. The van der Waals surface area contributed by atoms with E-state index in [-0.39, 0.29) is 4.90 Å². The molecule has 0 saturated carbocycles. The lowest BCUT2D eigenvalue weighted by atomic mass is 10.1. The topological polar surface area (TPSA) is 72.2 Å². The fourth-order valence-electron chi connectivity index (χ4n) is 1.52. The zero-order valence-corrected chi connectivity index (χ0v) is 11.2. The van der Waals surface area contributed by atoms with Gasteiger partial charge in [0.15, 0.2) is 0 Å². The van der Waals surface area contributed by atoms with Gasteiger partial charge in [-0.05, 0) is 37.4 Å². The van der Waals surface area contributed by atoms with Crippen molar-refractivity contribution < 1.29 is 12.8 Å². The molecule has 0 fully saturated rings. The molecule has 1 rings (SSSR count). The van der Waals surface area contributed by atoms with Crippen LogP contribution in [0.1, 0.15) is 19.8 Å². The maximum absolute atomic E-state index is 13.3. The molecule has 0 spiro atoms. The summed E-state index contributed by atoms with van der Waals surface area (Å²) in [5.74, 6) is -0.372. The molecule has 0 aromatic heterocycles. The number of benzene rings is 1. The first-order valence-electron chi connectivity index (χ1n) is 5.91. The molecule has 1 aromatic rings. The molecule has 0 radical (unpaired) electrons. The van der Waals surface area contributed by atoms with Crippen LogP contribution in [0.25, 0.3) is 0 Å². The van der Waals surface area contributed by atoms with Gasteiger partial charge in [-0.3, -0.25) is 0 Å². The van der Waals surface area contributed by atoms with Crippen LogP contribution in [0.4, 0.5) is 4.39 Å². The van der Waals surface area contributed by atoms with Crippen molar-refractivity contribution in [2.24, 2.45) is 11.7 Å². The lowest BCUT2D eigenvalue weighted by Gasteiger charge is -2.09. The third kappa shape index (κ3) is 4.36. The highest BCUT2D eigenvalue weighted by atomic mass is 32.2. The Morgan fingerprint density at radius 3 is 2.67 bits per heavy atom. The first-order chi connectivity index (χ1) is 8.47. The van der Waals surface area contributed by atoms with Gasteiger partial charge in [-0.15, -0.1) is 0 Å². The van der Waals surface area contributed by atoms with Crippen LogP contribution in [-0.4, -0.2) is 21.5 Å². The smallest absolute Gasteiger partial charge is 0.243 e. The van der Waals surface area contributed by atoms with E-state index in [1.807, 2.05) is 6.92 Å². The third-order valence-corrected chi connectivity index (χ3v) is 4.19. The number of nitrogens with one attached hydrogen (secondary N) is 1. The van der Waals surface area contributed by atoms with Crippen LogP contribution < -0.4 is 10.5 Å². The second-order valence-electron chi connectivity index (χ2n) is 4.31. The van der Waals surface area contributed by atoms with Gasteiger partial charge in [-0.2, -0.15) is 0 Å². The molecular formula is C12H19FN2O2S. The molecule has 0 aliphatic carbocycles. The maximum atomic E-state index is 13.3. The summed E-state index contributed by atoms with van der Waals surface area (Å²) >= 11 is 0. The molecule has 1 atom stereocenters. The molecule has 0 saturated heterocycles. The number of rotatable bonds is 7. The summed E-state index contributed by atoms with van der Waals surface area (Å²) in [7, 11) is -3.75. The predicted octanol–water partition coefficient (Wildman–Crippen LogP) is 1.48. The van der Waals surface area contributed by atoms with E-state index in [1.54, 1.807) is 0 Å². The van der Waals surface area contributed by atoms with E-state index < -0.39 is 15.8 Å². The second kappa shape index (κ2) is 6.82. The van der Waals surface area contributed by atoms with Crippen molar-refractivity contribution in [2.75, 3.05) is 13.1 Å². The lowest BCUT2D eigenvalue weighted by Crippen LogP contribution is -2.26. The highest BCUT2D eigenvalue weighted by molar-refractivity contribution is 7.89. The summed E-state index contributed by atoms with van der Waals surface area (Å²) in [6, 6.07) is 5.33. The average Bonchev–Trinajstić information content (AvgIpc) is 2.34. The monoisotopic (exact) mass is 274 g/mol. The van der Waals surface area contributed by atoms with Crippen molar-refractivity contribution in [3.63, 3.8) is 0 Å². The van der Waals surface area contributed by atoms with Gasteiger partial charge in [0, 0.05) is 6.54 Å². The molecule has 0 aliphatic rings. The fourth-order valence-corrected chi connectivity index (χ4v) is 2.67. The Kier molecular flexibility index (Phi) is 5.71. The zero-order chi connectivity index (χ0) is 13.6. The molecule has 0 amide bonds. The van der Waals surface area contributed by atoms with Crippen molar-refractivity contribution in [1.29, 1.82) is 0 Å². The molecule has 102 valence electrons. The fraction of sp³-hybridized carbons (Fsp3) is 0.500. The summed E-state index contributed by atoms with van der Waals surface area (Å²) in [6.07, 6.45) is 1.53. The van der Waals surface area contributed by atoms with E-state index in [2.05, 4.69) is 4.72 Å². The van der Waals surface area contributed by atoms with Crippen LogP contribution in [0.3, 0.4) is 0 Å². The lowest BCUT2D eigenvalue weighted by molar-refractivity contribution is 0.511. The van der Waals surface area contributed by atoms with Gasteiger partial charge < -0.3 is 5.73 Å². The minimum atomic E-state index is -3.75. The van der Waals surface area contributed by atoms with E-state index in [1.165, 1.54) is 18.2 Å². The molecule has 0 bridgehead atoms. The quantitative estimate of drug-likeness (QED) is 0.740. The van der Waals surface area contributed by atoms with Gasteiger partial charge in [-0.1, -0.05) is 19.1 Å². The Labute approximate surface area is 107 Å². The molecular weight excluding hydrogens is 255 g/mol. The SMILES string of the molecule is CC(CN)CCCNS(=O)(=O)c1ccccc1F. The van der Waals surface area contributed by atoms with Crippen molar-refractivity contribution in [1.82, 2.24) is 4.72 Å². The average molecular weight is 274 g/mol. The van der Waals surface area contributed by atoms with Crippen LogP contribution in [0.15, 0.2) is 29.2 Å². The summed E-state index contributed by atoms with van der Waals surface area (Å²) in [5.41, 5.74) is 5.46. The molecule has 4 nitrogen and oxygen atoms in total. The highest BCUT2D eigenvalue weighted by Gasteiger charge is 2.17. The van der Waals surface area contributed by atoms with Crippen LogP contribution in [0.5, 0.6) is 0 Å². The van der Waals surface area contributed by atoms with Crippen molar-refractivity contribution in [2.45, 2.75) is 24.7 Å². The van der Waals surface area contributed by atoms with Crippen LogP contribution >= 0.6 is 0 Å². The molecule has 18 heavy (non-hydrogen) atoms. The minimum Gasteiger partial charge on any atom is -0.330 e. The number of halogens is 1. The largest absolute Gasteiger partial charge is 0.330 e. The Morgan fingerprint density at radius 1 is 1.39 bits per heavy atom. The summed E-state index contributed by atoms with van der Waals surface area (Å²) in [6.45, 7) is 2.88. The van der Waals surface area contributed by atoms with Crippen molar-refractivity contribution in [3.05, 3.63) is 30.1 Å². The van der Waals surface area contributed by atoms with Gasteiger partial charge in [0.1, 0.15) is 10.7 Å². The van der Waals surface area contributed by atoms with E-state index in [0.717, 1.165) is 12.5 Å². The van der Waals surface area contributed by atoms with Crippen molar-refractivity contribution >= 4 is 10.0 Å². The van der Waals surface area contributed by atoms with Crippen molar-refractivity contribution in [3.8, 4) is 0 Å². The van der Waals surface area contributed by atoms with Gasteiger partial charge >= 0.3 is 0 Å². The van der Waals surface area contributed by atoms with Gasteiger partial charge in [0.2, 0.25) is 10.0 Å². The van der Waals surface area contributed by atoms with E-state index in [0.29, 0.717) is 25.4 Å².